The smallest absolute Gasteiger partial charge is 0.254 e. The van der Waals surface area contributed by atoms with Gasteiger partial charge in [-0.1, -0.05) is 6.07 Å². The Labute approximate surface area is 147 Å². The third kappa shape index (κ3) is 3.40. The van der Waals surface area contributed by atoms with E-state index in [4.69, 9.17) is 4.74 Å². The summed E-state index contributed by atoms with van der Waals surface area (Å²) >= 11 is 0. The molecule has 2 unspecified atom stereocenters. The average molecular weight is 348 g/mol. The molecule has 0 saturated carbocycles. The molecule has 25 heavy (non-hydrogen) atoms. The number of nitrogens with one attached hydrogen (secondary N) is 1. The molecule has 136 valence electrons. The van der Waals surface area contributed by atoms with Crippen LogP contribution >= 0.6 is 0 Å². The van der Waals surface area contributed by atoms with Crippen LogP contribution in [0.25, 0.3) is 0 Å². The Morgan fingerprint density at radius 3 is 2.68 bits per heavy atom. The lowest BCUT2D eigenvalue weighted by Gasteiger charge is -2.41. The van der Waals surface area contributed by atoms with Crippen molar-refractivity contribution >= 4 is 11.8 Å². The maximum Gasteiger partial charge on any atom is 0.254 e. The van der Waals surface area contributed by atoms with Gasteiger partial charge in [-0.3, -0.25) is 9.59 Å². The second kappa shape index (κ2) is 6.09. The summed E-state index contributed by atoms with van der Waals surface area (Å²) in [5.41, 5.74) is -0.250. The molecule has 0 aromatic heterocycles. The Morgan fingerprint density at radius 1 is 1.36 bits per heavy atom. The van der Waals surface area contributed by atoms with Crippen molar-refractivity contribution in [3.8, 4) is 0 Å². The van der Waals surface area contributed by atoms with E-state index in [1.807, 2.05) is 13.0 Å². The fraction of sp³-hybridized carbons (Fsp3) is 0.579. The molecule has 0 radical (unpaired) electrons. The van der Waals surface area contributed by atoms with Gasteiger partial charge < -0.3 is 15.0 Å². The molecule has 6 heteroatoms. The molecule has 2 heterocycles. The number of aryl methyl sites for hydroxylation is 1. The van der Waals surface area contributed by atoms with Crippen LogP contribution in [0.15, 0.2) is 18.2 Å². The summed E-state index contributed by atoms with van der Waals surface area (Å²) in [6.45, 7) is 7.99. The molecule has 1 N–H and O–H groups in total. The van der Waals surface area contributed by atoms with Crippen LogP contribution in [-0.4, -0.2) is 41.1 Å². The third-order valence-electron chi connectivity index (χ3n) is 5.04. The van der Waals surface area contributed by atoms with E-state index < -0.39 is 17.2 Å². The van der Waals surface area contributed by atoms with Crippen LogP contribution < -0.4 is 5.32 Å². The van der Waals surface area contributed by atoms with Gasteiger partial charge in [0.2, 0.25) is 5.91 Å². The standard InChI is InChI=1S/C19H25FN2O3/c1-12-8-14(10-15(20)9-12)13(2)16(23)22-7-5-6-19(11-22)21-17(24)18(3,4)25-19/h8-10,13H,5-7,11H2,1-4H3,(H,21,24). The zero-order valence-electron chi connectivity index (χ0n) is 15.2. The molecule has 0 aliphatic carbocycles. The van der Waals surface area contributed by atoms with Crippen molar-refractivity contribution in [2.45, 2.75) is 57.8 Å². The van der Waals surface area contributed by atoms with Crippen molar-refractivity contribution in [2.75, 3.05) is 13.1 Å². The number of benzene rings is 1. The lowest BCUT2D eigenvalue weighted by molar-refractivity contribution is -0.153. The quantitative estimate of drug-likeness (QED) is 0.893. The summed E-state index contributed by atoms with van der Waals surface area (Å²) in [6, 6.07) is 4.69. The van der Waals surface area contributed by atoms with Gasteiger partial charge in [0.15, 0.2) is 5.72 Å². The second-order valence-corrected chi connectivity index (χ2v) is 7.71. The van der Waals surface area contributed by atoms with E-state index in [0.29, 0.717) is 25.1 Å². The van der Waals surface area contributed by atoms with Crippen LogP contribution in [0.4, 0.5) is 4.39 Å². The Hall–Kier alpha value is -1.95. The first-order valence-corrected chi connectivity index (χ1v) is 8.71. The fourth-order valence-electron chi connectivity index (χ4n) is 3.74. The predicted molar refractivity (Wildman–Crippen MR) is 91.4 cm³/mol. The number of ether oxygens (including phenoxy) is 1. The Balaban J connectivity index is 1.77. The lowest BCUT2D eigenvalue weighted by Crippen LogP contribution is -2.57. The number of hydrogen-bond donors (Lipinski definition) is 1. The summed E-state index contributed by atoms with van der Waals surface area (Å²) < 4.78 is 19.6. The second-order valence-electron chi connectivity index (χ2n) is 7.71. The van der Waals surface area contributed by atoms with Crippen LogP contribution in [0.1, 0.15) is 50.7 Å². The van der Waals surface area contributed by atoms with E-state index in [1.54, 1.807) is 25.7 Å². The molecule has 1 aromatic carbocycles. The van der Waals surface area contributed by atoms with Crippen LogP contribution in [-0.2, 0) is 14.3 Å². The predicted octanol–water partition coefficient (Wildman–Crippen LogP) is 2.48. The maximum atomic E-state index is 13.7. The van der Waals surface area contributed by atoms with Gasteiger partial charge in [-0.15, -0.1) is 0 Å². The molecule has 2 amide bonds. The minimum atomic E-state index is -0.892. The molecule has 2 aliphatic rings. The minimum absolute atomic E-state index is 0.0772. The van der Waals surface area contributed by atoms with Crippen LogP contribution in [0.3, 0.4) is 0 Å². The fourth-order valence-corrected chi connectivity index (χ4v) is 3.74. The van der Waals surface area contributed by atoms with Gasteiger partial charge >= 0.3 is 0 Å². The summed E-state index contributed by atoms with van der Waals surface area (Å²) in [7, 11) is 0. The monoisotopic (exact) mass is 348 g/mol. The maximum absolute atomic E-state index is 13.7. The van der Waals surface area contributed by atoms with E-state index in [0.717, 1.165) is 12.0 Å². The zero-order valence-corrected chi connectivity index (χ0v) is 15.2. The molecule has 5 nitrogen and oxygen atoms in total. The molecule has 2 aliphatic heterocycles. The highest BCUT2D eigenvalue weighted by molar-refractivity contribution is 5.87. The third-order valence-corrected chi connectivity index (χ3v) is 5.04. The Kier molecular flexibility index (Phi) is 4.35. The van der Waals surface area contributed by atoms with E-state index >= 15 is 0 Å². The summed E-state index contributed by atoms with van der Waals surface area (Å²) in [5, 5.41) is 2.93. The molecule has 3 rings (SSSR count). The van der Waals surface area contributed by atoms with Gasteiger partial charge in [-0.25, -0.2) is 4.39 Å². The molecule has 2 saturated heterocycles. The number of likely N-dealkylation sites (tertiary alicyclic amines) is 1. The molecule has 1 spiro atoms. The molecule has 1 aromatic rings. The molecular formula is C19H25FN2O3. The van der Waals surface area contributed by atoms with Crippen molar-refractivity contribution in [2.24, 2.45) is 0 Å². The summed E-state index contributed by atoms with van der Waals surface area (Å²) in [5.74, 6) is -1.02. The normalized spacial score (nSPS) is 26.6. The molecular weight excluding hydrogens is 323 g/mol. The van der Waals surface area contributed by atoms with E-state index in [-0.39, 0.29) is 17.6 Å². The first-order valence-electron chi connectivity index (χ1n) is 8.71. The van der Waals surface area contributed by atoms with Crippen LogP contribution in [0.2, 0.25) is 0 Å². The number of carbonyl (C=O) groups is 2. The molecule has 2 atom stereocenters. The minimum Gasteiger partial charge on any atom is -0.338 e. The number of carbonyl (C=O) groups excluding carboxylic acids is 2. The van der Waals surface area contributed by atoms with Crippen molar-refractivity contribution in [1.29, 1.82) is 0 Å². The van der Waals surface area contributed by atoms with Crippen molar-refractivity contribution < 1.29 is 18.7 Å². The van der Waals surface area contributed by atoms with E-state index in [1.165, 1.54) is 12.1 Å². The Bertz CT molecular complexity index is 698. The van der Waals surface area contributed by atoms with Crippen molar-refractivity contribution in [3.05, 3.63) is 35.1 Å². The van der Waals surface area contributed by atoms with Gasteiger partial charge in [0, 0.05) is 6.54 Å². The average Bonchev–Trinajstić information content (AvgIpc) is 2.73. The summed E-state index contributed by atoms with van der Waals surface area (Å²) in [4.78, 5) is 26.8. The van der Waals surface area contributed by atoms with Gasteiger partial charge in [0.1, 0.15) is 11.4 Å². The highest BCUT2D eigenvalue weighted by atomic mass is 19.1. The lowest BCUT2D eigenvalue weighted by atomic mass is 9.95. The van der Waals surface area contributed by atoms with Crippen molar-refractivity contribution in [3.63, 3.8) is 0 Å². The first kappa shape index (κ1) is 17.9. The van der Waals surface area contributed by atoms with Gasteiger partial charge in [-0.2, -0.15) is 0 Å². The highest BCUT2D eigenvalue weighted by Gasteiger charge is 2.52. The van der Waals surface area contributed by atoms with Gasteiger partial charge in [-0.05, 0) is 63.8 Å². The van der Waals surface area contributed by atoms with Gasteiger partial charge in [0.25, 0.3) is 5.91 Å². The first-order chi connectivity index (χ1) is 11.6. The number of hydrogen-bond acceptors (Lipinski definition) is 3. The number of halogens is 1. The molecule has 0 bridgehead atoms. The largest absolute Gasteiger partial charge is 0.338 e. The number of amides is 2. The van der Waals surface area contributed by atoms with Crippen LogP contribution in [0, 0.1) is 12.7 Å². The topological polar surface area (TPSA) is 58.6 Å². The van der Waals surface area contributed by atoms with Gasteiger partial charge in [0.05, 0.1) is 12.5 Å². The van der Waals surface area contributed by atoms with E-state index in [2.05, 4.69) is 5.32 Å². The molecule has 2 fully saturated rings. The number of piperidine rings is 1. The Morgan fingerprint density at radius 2 is 2.08 bits per heavy atom. The number of nitrogens with zero attached hydrogens (tertiary/aromatic N) is 1. The highest BCUT2D eigenvalue weighted by Crippen LogP contribution is 2.34. The zero-order chi connectivity index (χ0) is 18.4. The van der Waals surface area contributed by atoms with Crippen molar-refractivity contribution in [1.82, 2.24) is 10.2 Å². The van der Waals surface area contributed by atoms with Crippen LogP contribution in [0.5, 0.6) is 0 Å². The SMILES string of the molecule is Cc1cc(F)cc(C(C)C(=O)N2CCCC3(C2)NC(=O)C(C)(C)O3)c1. The number of rotatable bonds is 2. The van der Waals surface area contributed by atoms with E-state index in [9.17, 15) is 14.0 Å². The summed E-state index contributed by atoms with van der Waals surface area (Å²) in [6.07, 6.45) is 1.43.